The van der Waals surface area contributed by atoms with Gasteiger partial charge in [-0.15, -0.1) is 0 Å². The van der Waals surface area contributed by atoms with Crippen LogP contribution in [0.4, 0.5) is 0 Å². The number of nitrogens with two attached hydrogens (primary N) is 1. The van der Waals surface area contributed by atoms with Gasteiger partial charge in [-0.2, -0.15) is 10.1 Å². The minimum absolute atomic E-state index is 0.350. The quantitative estimate of drug-likeness (QED) is 0.837. The molecule has 18 heavy (non-hydrogen) atoms. The molecule has 2 N–H and O–H groups in total. The Bertz CT molecular complexity index is 540. The van der Waals surface area contributed by atoms with Crippen molar-refractivity contribution in [1.82, 2.24) is 19.7 Å². The number of hydrogen-bond acceptors (Lipinski definition) is 6. The molecule has 0 aliphatic heterocycles. The fourth-order valence-electron chi connectivity index (χ4n) is 1.66. The van der Waals surface area contributed by atoms with Crippen molar-refractivity contribution in [1.29, 1.82) is 0 Å². The summed E-state index contributed by atoms with van der Waals surface area (Å²) >= 11 is 0. The number of aromatic nitrogens is 4. The third-order valence-electron chi connectivity index (χ3n) is 2.62. The molecule has 0 amide bonds. The van der Waals surface area contributed by atoms with E-state index in [2.05, 4.69) is 15.1 Å². The van der Waals surface area contributed by atoms with Gasteiger partial charge in [-0.1, -0.05) is 0 Å². The highest BCUT2D eigenvalue weighted by Crippen LogP contribution is 2.25. The summed E-state index contributed by atoms with van der Waals surface area (Å²) in [7, 11) is 4.85. The number of methoxy groups -OCH3 is 2. The molecule has 0 spiro atoms. The molecule has 0 bridgehead atoms. The van der Waals surface area contributed by atoms with Crippen molar-refractivity contribution in [3.63, 3.8) is 0 Å². The van der Waals surface area contributed by atoms with Crippen LogP contribution in [0.3, 0.4) is 0 Å². The molecule has 96 valence electrons. The van der Waals surface area contributed by atoms with E-state index in [1.807, 2.05) is 13.1 Å². The second-order valence-corrected chi connectivity index (χ2v) is 3.66. The lowest BCUT2D eigenvalue weighted by Crippen LogP contribution is -2.18. The van der Waals surface area contributed by atoms with Gasteiger partial charge in [-0.25, -0.2) is 4.98 Å². The van der Waals surface area contributed by atoms with Gasteiger partial charge in [-0.3, -0.25) is 4.68 Å². The van der Waals surface area contributed by atoms with Gasteiger partial charge in [0, 0.05) is 13.2 Å². The van der Waals surface area contributed by atoms with Crippen molar-refractivity contribution >= 4 is 0 Å². The minimum atomic E-state index is -0.453. The molecule has 0 saturated heterocycles. The molecule has 0 aliphatic carbocycles. The van der Waals surface area contributed by atoms with Gasteiger partial charge in [0.2, 0.25) is 11.8 Å². The van der Waals surface area contributed by atoms with E-state index >= 15 is 0 Å². The van der Waals surface area contributed by atoms with E-state index in [4.69, 9.17) is 15.2 Å². The highest BCUT2D eigenvalue weighted by molar-refractivity contribution is 5.30. The number of aryl methyl sites for hydroxylation is 1. The van der Waals surface area contributed by atoms with E-state index in [-0.39, 0.29) is 0 Å². The Morgan fingerprint density at radius 3 is 2.67 bits per heavy atom. The van der Waals surface area contributed by atoms with Gasteiger partial charge in [0.15, 0.2) is 0 Å². The Labute approximate surface area is 105 Å². The predicted octanol–water partition coefficient (Wildman–Crippen LogP) is 0.275. The average molecular weight is 249 g/mol. The first-order valence-electron chi connectivity index (χ1n) is 5.35. The highest BCUT2D eigenvalue weighted by Gasteiger charge is 2.20. The molecule has 1 atom stereocenters. The molecule has 0 aromatic carbocycles. The first kappa shape index (κ1) is 12.3. The summed E-state index contributed by atoms with van der Waals surface area (Å²) < 4.78 is 11.9. The van der Waals surface area contributed by atoms with Crippen LogP contribution >= 0.6 is 0 Å². The maximum atomic E-state index is 6.15. The predicted molar refractivity (Wildman–Crippen MR) is 64.4 cm³/mol. The number of rotatable bonds is 4. The van der Waals surface area contributed by atoms with Crippen LogP contribution in [0.1, 0.15) is 17.4 Å². The molecule has 0 fully saturated rings. The lowest BCUT2D eigenvalue weighted by molar-refractivity contribution is 0.354. The summed E-state index contributed by atoms with van der Waals surface area (Å²) in [6.45, 7) is 0. The Hall–Kier alpha value is -2.15. The fourth-order valence-corrected chi connectivity index (χ4v) is 1.66. The molecule has 2 heterocycles. The largest absolute Gasteiger partial charge is 0.480 e. The molecule has 7 heteroatoms. The van der Waals surface area contributed by atoms with Gasteiger partial charge in [0.05, 0.1) is 32.2 Å². The van der Waals surface area contributed by atoms with Crippen molar-refractivity contribution in [2.75, 3.05) is 14.2 Å². The maximum absolute atomic E-state index is 6.15. The van der Waals surface area contributed by atoms with Gasteiger partial charge < -0.3 is 15.2 Å². The third-order valence-corrected chi connectivity index (χ3v) is 2.62. The average Bonchev–Trinajstić information content (AvgIpc) is 2.83. The molecule has 0 aliphatic rings. The van der Waals surface area contributed by atoms with Crippen molar-refractivity contribution in [2.24, 2.45) is 12.8 Å². The second-order valence-electron chi connectivity index (χ2n) is 3.66. The van der Waals surface area contributed by atoms with E-state index < -0.39 is 6.04 Å². The van der Waals surface area contributed by atoms with Gasteiger partial charge >= 0.3 is 0 Å². The Morgan fingerprint density at radius 1 is 1.33 bits per heavy atom. The number of ether oxygens (including phenoxy) is 2. The van der Waals surface area contributed by atoms with Crippen LogP contribution in [0, 0.1) is 0 Å². The van der Waals surface area contributed by atoms with Gasteiger partial charge in [-0.05, 0) is 6.07 Å². The summed E-state index contributed by atoms with van der Waals surface area (Å²) in [5, 5.41) is 4.08. The normalized spacial score (nSPS) is 12.2. The number of nitrogens with zero attached hydrogens (tertiary/aromatic N) is 4. The zero-order chi connectivity index (χ0) is 13.1. The Kier molecular flexibility index (Phi) is 3.42. The zero-order valence-electron chi connectivity index (χ0n) is 10.5. The SMILES string of the molecule is COc1cnc(C(N)c2ccnn2C)c(OC)n1. The molecule has 2 rings (SSSR count). The van der Waals surface area contributed by atoms with Crippen LogP contribution in [-0.2, 0) is 7.05 Å². The lowest BCUT2D eigenvalue weighted by Gasteiger charge is -2.14. The molecule has 0 radical (unpaired) electrons. The Morgan fingerprint density at radius 2 is 2.11 bits per heavy atom. The van der Waals surface area contributed by atoms with E-state index in [1.54, 1.807) is 10.9 Å². The van der Waals surface area contributed by atoms with Crippen molar-refractivity contribution < 1.29 is 9.47 Å². The van der Waals surface area contributed by atoms with Crippen molar-refractivity contribution in [3.05, 3.63) is 29.8 Å². The number of hydrogen-bond donors (Lipinski definition) is 1. The van der Waals surface area contributed by atoms with Crippen molar-refractivity contribution in [2.45, 2.75) is 6.04 Å². The topological polar surface area (TPSA) is 88.1 Å². The molecular weight excluding hydrogens is 234 g/mol. The summed E-state index contributed by atoms with van der Waals surface area (Å²) in [6.07, 6.45) is 3.19. The van der Waals surface area contributed by atoms with E-state index in [0.29, 0.717) is 17.5 Å². The van der Waals surface area contributed by atoms with Crippen LogP contribution in [-0.4, -0.2) is 34.0 Å². The van der Waals surface area contributed by atoms with E-state index in [0.717, 1.165) is 5.69 Å². The zero-order valence-corrected chi connectivity index (χ0v) is 10.5. The molecule has 2 aromatic heterocycles. The fraction of sp³-hybridized carbons (Fsp3) is 0.364. The third kappa shape index (κ3) is 2.12. The van der Waals surface area contributed by atoms with E-state index in [9.17, 15) is 0 Å². The monoisotopic (exact) mass is 249 g/mol. The van der Waals surface area contributed by atoms with Crippen molar-refractivity contribution in [3.8, 4) is 11.8 Å². The summed E-state index contributed by atoms with van der Waals surface area (Å²) in [5.41, 5.74) is 7.52. The van der Waals surface area contributed by atoms with Crippen LogP contribution < -0.4 is 15.2 Å². The van der Waals surface area contributed by atoms with Gasteiger partial charge in [0.1, 0.15) is 5.69 Å². The maximum Gasteiger partial charge on any atom is 0.240 e. The lowest BCUT2D eigenvalue weighted by atomic mass is 10.1. The molecule has 0 saturated carbocycles. The van der Waals surface area contributed by atoms with Gasteiger partial charge in [0.25, 0.3) is 0 Å². The first-order valence-corrected chi connectivity index (χ1v) is 5.35. The molecule has 2 aromatic rings. The van der Waals surface area contributed by atoms with Crippen LogP contribution in [0.25, 0.3) is 0 Å². The summed E-state index contributed by atoms with van der Waals surface area (Å²) in [5.74, 6) is 0.732. The minimum Gasteiger partial charge on any atom is -0.480 e. The molecular formula is C11H15N5O2. The summed E-state index contributed by atoms with van der Waals surface area (Å²) in [6, 6.07) is 1.38. The Balaban J connectivity index is 2.41. The standard InChI is InChI=1S/C11H15N5O2/c1-16-7(4-5-14-16)9(12)10-11(18-3)15-8(17-2)6-13-10/h4-6,9H,12H2,1-3H3. The molecule has 1 unspecified atom stereocenters. The highest BCUT2D eigenvalue weighted by atomic mass is 16.5. The molecule has 7 nitrogen and oxygen atoms in total. The van der Waals surface area contributed by atoms with Crippen LogP contribution in [0.2, 0.25) is 0 Å². The van der Waals surface area contributed by atoms with E-state index in [1.165, 1.54) is 20.4 Å². The second kappa shape index (κ2) is 5.01. The first-order chi connectivity index (χ1) is 8.67. The summed E-state index contributed by atoms with van der Waals surface area (Å²) in [4.78, 5) is 8.39. The van der Waals surface area contributed by atoms with Crippen LogP contribution in [0.15, 0.2) is 18.5 Å². The van der Waals surface area contributed by atoms with Crippen LogP contribution in [0.5, 0.6) is 11.8 Å². The smallest absolute Gasteiger partial charge is 0.240 e.